The number of hydrogen-bond donors (Lipinski definition) is 3. The summed E-state index contributed by atoms with van der Waals surface area (Å²) in [5.74, 6) is -0.473. The third-order valence-electron chi connectivity index (χ3n) is 6.58. The molecule has 0 spiro atoms. The van der Waals surface area contributed by atoms with E-state index < -0.39 is 33.7 Å². The van der Waals surface area contributed by atoms with Crippen molar-refractivity contribution in [2.45, 2.75) is 81.5 Å². The fourth-order valence-corrected chi connectivity index (χ4v) is 7.16. The number of sulfonamides is 1. The van der Waals surface area contributed by atoms with E-state index in [0.29, 0.717) is 43.4 Å². The maximum atomic E-state index is 15.1. The summed E-state index contributed by atoms with van der Waals surface area (Å²) >= 11 is 0. The van der Waals surface area contributed by atoms with Gasteiger partial charge in [-0.05, 0) is 62.8 Å². The van der Waals surface area contributed by atoms with Gasteiger partial charge in [0.25, 0.3) is 5.91 Å². The first-order chi connectivity index (χ1) is 14.6. The van der Waals surface area contributed by atoms with Crippen LogP contribution in [0.2, 0.25) is 0 Å². The number of rotatable bonds is 4. The number of halogens is 1. The molecule has 10 heteroatoms. The van der Waals surface area contributed by atoms with Gasteiger partial charge < -0.3 is 16.4 Å². The molecule has 4 rings (SSSR count). The first kappa shape index (κ1) is 22.2. The first-order valence-electron chi connectivity index (χ1n) is 10.8. The molecule has 0 aromatic heterocycles. The summed E-state index contributed by atoms with van der Waals surface area (Å²) in [5, 5.41) is 4.95. The van der Waals surface area contributed by atoms with E-state index in [9.17, 15) is 18.0 Å². The monoisotopic (exact) mass is 452 g/mol. The lowest BCUT2D eigenvalue weighted by Gasteiger charge is -2.41. The third-order valence-corrected chi connectivity index (χ3v) is 9.07. The maximum Gasteiger partial charge on any atom is 0.251 e. The van der Waals surface area contributed by atoms with E-state index in [2.05, 4.69) is 10.6 Å². The lowest BCUT2D eigenvalue weighted by molar-refractivity contribution is -0.115. The van der Waals surface area contributed by atoms with Crippen molar-refractivity contribution < 1.29 is 22.4 Å². The van der Waals surface area contributed by atoms with Crippen LogP contribution >= 0.6 is 0 Å². The molecule has 1 aliphatic carbocycles. The molecule has 0 unspecified atom stereocenters. The predicted molar refractivity (Wildman–Crippen MR) is 115 cm³/mol. The number of nitrogens with one attached hydrogen (secondary N) is 2. The summed E-state index contributed by atoms with van der Waals surface area (Å²) in [6.07, 6.45) is 0.950. The normalized spacial score (nSPS) is 31.7. The highest BCUT2D eigenvalue weighted by Crippen LogP contribution is 2.33. The summed E-state index contributed by atoms with van der Waals surface area (Å²) < 4.78 is 42.2. The number of anilines is 1. The Labute approximate surface area is 181 Å². The lowest BCUT2D eigenvalue weighted by atomic mass is 9.96. The van der Waals surface area contributed by atoms with Gasteiger partial charge in [0.05, 0.1) is 11.7 Å². The highest BCUT2D eigenvalue weighted by molar-refractivity contribution is 7.89. The Hall–Kier alpha value is -2.04. The van der Waals surface area contributed by atoms with Crippen molar-refractivity contribution in [1.29, 1.82) is 0 Å². The van der Waals surface area contributed by atoms with E-state index in [1.54, 1.807) is 25.1 Å². The number of carbonyl (C=O) groups is 2. The van der Waals surface area contributed by atoms with Crippen LogP contribution in [0.15, 0.2) is 18.2 Å². The van der Waals surface area contributed by atoms with Crippen molar-refractivity contribution in [3.63, 3.8) is 0 Å². The predicted octanol–water partition coefficient (Wildman–Crippen LogP) is 1.66. The fourth-order valence-electron chi connectivity index (χ4n) is 4.95. The summed E-state index contributed by atoms with van der Waals surface area (Å²) in [6, 6.07) is 3.93. The van der Waals surface area contributed by atoms with Crippen LogP contribution < -0.4 is 16.4 Å². The van der Waals surface area contributed by atoms with Gasteiger partial charge >= 0.3 is 0 Å². The molecule has 3 atom stereocenters. The zero-order chi connectivity index (χ0) is 22.3. The van der Waals surface area contributed by atoms with Crippen LogP contribution in [0.1, 0.15) is 61.4 Å². The molecule has 1 aromatic rings. The summed E-state index contributed by atoms with van der Waals surface area (Å²) in [5.41, 5.74) is 7.72. The number of piperidine rings is 1. The molecule has 1 saturated heterocycles. The molecule has 2 amide bonds. The number of benzene rings is 1. The van der Waals surface area contributed by atoms with E-state index in [0.717, 1.165) is 9.87 Å². The van der Waals surface area contributed by atoms with Gasteiger partial charge in [0.1, 0.15) is 0 Å². The quantitative estimate of drug-likeness (QED) is 0.600. The number of nitrogens with two attached hydrogens (primary N) is 1. The van der Waals surface area contributed by atoms with Gasteiger partial charge in [-0.1, -0.05) is 0 Å². The van der Waals surface area contributed by atoms with E-state index in [1.165, 1.54) is 0 Å². The molecule has 170 valence electrons. The SMILES string of the molecule is C[C@H]1C[C@@H](NC(=O)c2ccc3c(c2)CC(=O)N3)C[C@@H](F)N1S(=O)(=O)[C@H]1CC[C@H](N)CC1. The summed E-state index contributed by atoms with van der Waals surface area (Å²) in [6.45, 7) is 1.68. The van der Waals surface area contributed by atoms with Gasteiger partial charge in [0.15, 0.2) is 6.30 Å². The third kappa shape index (κ3) is 4.47. The molecule has 2 aliphatic heterocycles. The van der Waals surface area contributed by atoms with Crippen molar-refractivity contribution in [1.82, 2.24) is 9.62 Å². The Morgan fingerprint density at radius 3 is 2.61 bits per heavy atom. The Kier molecular flexibility index (Phi) is 6.06. The topological polar surface area (TPSA) is 122 Å². The lowest BCUT2D eigenvalue weighted by Crippen LogP contribution is -2.56. The summed E-state index contributed by atoms with van der Waals surface area (Å²) in [7, 11) is -3.77. The first-order valence-corrected chi connectivity index (χ1v) is 12.3. The van der Waals surface area contributed by atoms with Gasteiger partial charge in [-0.15, -0.1) is 0 Å². The fraction of sp³-hybridized carbons (Fsp3) is 0.619. The zero-order valence-corrected chi connectivity index (χ0v) is 18.3. The molecule has 8 nitrogen and oxygen atoms in total. The minimum Gasteiger partial charge on any atom is -0.349 e. The number of amides is 2. The molecule has 2 heterocycles. The standard InChI is InChI=1S/C21H29FN4O4S/c1-12-8-16(24-21(28)13-2-7-18-14(9-13)10-20(27)25-18)11-19(22)26(12)31(29,30)17-5-3-15(23)4-6-17/h2,7,9,12,15-17,19H,3-6,8,10-11,23H2,1H3,(H,24,28)(H,25,27)/t12-,15-,16+,17-,19-/m0/s1. The van der Waals surface area contributed by atoms with E-state index in [1.807, 2.05) is 0 Å². The Morgan fingerprint density at radius 1 is 1.23 bits per heavy atom. The van der Waals surface area contributed by atoms with Gasteiger partial charge in [-0.3, -0.25) is 9.59 Å². The largest absolute Gasteiger partial charge is 0.349 e. The average Bonchev–Trinajstić information content (AvgIpc) is 3.06. The molecule has 31 heavy (non-hydrogen) atoms. The van der Waals surface area contributed by atoms with Crippen LogP contribution in [0.25, 0.3) is 0 Å². The number of hydrogen-bond acceptors (Lipinski definition) is 5. The van der Waals surface area contributed by atoms with Crippen LogP contribution in [0, 0.1) is 0 Å². The van der Waals surface area contributed by atoms with Gasteiger partial charge in [0, 0.05) is 35.8 Å². The van der Waals surface area contributed by atoms with Crippen molar-refractivity contribution in [2.75, 3.05) is 5.32 Å². The smallest absolute Gasteiger partial charge is 0.251 e. The van der Waals surface area contributed by atoms with Crippen molar-refractivity contribution >= 4 is 27.5 Å². The van der Waals surface area contributed by atoms with Crippen molar-refractivity contribution in [3.05, 3.63) is 29.3 Å². The molecule has 1 aromatic carbocycles. The van der Waals surface area contributed by atoms with Crippen LogP contribution in [0.3, 0.4) is 0 Å². The molecule has 0 radical (unpaired) electrons. The Morgan fingerprint density at radius 2 is 1.94 bits per heavy atom. The van der Waals surface area contributed by atoms with Gasteiger partial charge in [0.2, 0.25) is 15.9 Å². The van der Waals surface area contributed by atoms with Gasteiger partial charge in [-0.2, -0.15) is 4.31 Å². The number of alkyl halides is 1. The zero-order valence-electron chi connectivity index (χ0n) is 17.5. The highest BCUT2D eigenvalue weighted by Gasteiger charge is 2.45. The number of carbonyl (C=O) groups excluding carboxylic acids is 2. The van der Waals surface area contributed by atoms with Crippen LogP contribution in [-0.4, -0.2) is 54.2 Å². The Bertz CT molecular complexity index is 966. The molecular formula is C21H29FN4O4S. The minimum absolute atomic E-state index is 0.0131. The second-order valence-corrected chi connectivity index (χ2v) is 11.1. The highest BCUT2D eigenvalue weighted by atomic mass is 32.2. The van der Waals surface area contributed by atoms with E-state index in [4.69, 9.17) is 5.73 Å². The van der Waals surface area contributed by atoms with E-state index >= 15 is 4.39 Å². The van der Waals surface area contributed by atoms with Crippen LogP contribution in [0.4, 0.5) is 10.1 Å². The number of nitrogens with zero attached hydrogens (tertiary/aromatic N) is 1. The maximum absolute atomic E-state index is 15.1. The van der Waals surface area contributed by atoms with Crippen LogP contribution in [0.5, 0.6) is 0 Å². The molecular weight excluding hydrogens is 423 g/mol. The molecule has 0 bridgehead atoms. The van der Waals surface area contributed by atoms with Crippen molar-refractivity contribution in [3.8, 4) is 0 Å². The van der Waals surface area contributed by atoms with Crippen molar-refractivity contribution in [2.24, 2.45) is 5.73 Å². The Balaban J connectivity index is 1.40. The summed E-state index contributed by atoms with van der Waals surface area (Å²) in [4.78, 5) is 24.2. The molecule has 2 fully saturated rings. The molecule has 3 aliphatic rings. The van der Waals surface area contributed by atoms with Crippen LogP contribution in [-0.2, 0) is 21.2 Å². The second-order valence-electron chi connectivity index (χ2n) is 8.93. The number of fused-ring (bicyclic) bond motifs is 1. The minimum atomic E-state index is -3.77. The van der Waals surface area contributed by atoms with E-state index in [-0.39, 0.29) is 30.7 Å². The molecule has 4 N–H and O–H groups in total. The second kappa shape index (κ2) is 8.48. The molecule has 1 saturated carbocycles. The van der Waals surface area contributed by atoms with Gasteiger partial charge in [-0.25, -0.2) is 12.8 Å². The average molecular weight is 453 g/mol.